The van der Waals surface area contributed by atoms with Crippen molar-refractivity contribution in [2.45, 2.75) is 51.2 Å². The van der Waals surface area contributed by atoms with E-state index in [9.17, 15) is 0 Å². The number of hydrogen-bond donors (Lipinski definition) is 2. The predicted octanol–water partition coefficient (Wildman–Crippen LogP) is 1.20. The van der Waals surface area contributed by atoms with Crippen LogP contribution in [-0.4, -0.2) is 27.0 Å². The summed E-state index contributed by atoms with van der Waals surface area (Å²) in [7, 11) is 0. The van der Waals surface area contributed by atoms with Gasteiger partial charge in [0.15, 0.2) is 5.96 Å². The van der Waals surface area contributed by atoms with Crippen LogP contribution in [0, 0.1) is 0 Å². The van der Waals surface area contributed by atoms with Crippen molar-refractivity contribution in [2.24, 2.45) is 10.7 Å². The summed E-state index contributed by atoms with van der Waals surface area (Å²) in [5.41, 5.74) is 6.70. The Morgan fingerprint density at radius 1 is 1.53 bits per heavy atom. The van der Waals surface area contributed by atoms with E-state index in [4.69, 9.17) is 5.73 Å². The summed E-state index contributed by atoms with van der Waals surface area (Å²) >= 11 is 0. The van der Waals surface area contributed by atoms with Crippen LogP contribution in [0.5, 0.6) is 0 Å². The van der Waals surface area contributed by atoms with Crippen LogP contribution in [0.3, 0.4) is 0 Å². The fraction of sp³-hybridized carbons (Fsp3) is 0.615. The number of allylic oxidation sites excluding steroid dienone is 1. The number of nitrogens with one attached hydrogen (secondary N) is 1. The molecule has 1 heterocycles. The highest BCUT2D eigenvalue weighted by molar-refractivity contribution is 5.78. The normalized spacial score (nSPS) is 17.4. The van der Waals surface area contributed by atoms with Gasteiger partial charge in [-0.1, -0.05) is 30.6 Å². The van der Waals surface area contributed by atoms with Crippen molar-refractivity contribution in [2.75, 3.05) is 0 Å². The van der Waals surface area contributed by atoms with Crippen molar-refractivity contribution in [3.63, 3.8) is 0 Å². The summed E-state index contributed by atoms with van der Waals surface area (Å²) in [4.78, 5) is 4.30. The van der Waals surface area contributed by atoms with Crippen molar-refractivity contribution in [1.29, 1.82) is 0 Å². The Bertz CT molecular complexity index is 430. The monoisotopic (exact) mass is 262 g/mol. The van der Waals surface area contributed by atoms with E-state index in [0.717, 1.165) is 5.69 Å². The Morgan fingerprint density at radius 2 is 2.32 bits per heavy atom. The molecule has 1 fully saturated rings. The Hall–Kier alpha value is -1.85. The summed E-state index contributed by atoms with van der Waals surface area (Å²) in [5.74, 6) is 0.505. The Labute approximate surface area is 113 Å². The van der Waals surface area contributed by atoms with Gasteiger partial charge in [-0.3, -0.25) is 0 Å². The molecule has 0 aromatic carbocycles. The second-order valence-electron chi connectivity index (χ2n) is 4.90. The zero-order chi connectivity index (χ0) is 13.5. The van der Waals surface area contributed by atoms with Gasteiger partial charge in [0.2, 0.25) is 0 Å². The van der Waals surface area contributed by atoms with E-state index >= 15 is 0 Å². The Balaban J connectivity index is 1.80. The van der Waals surface area contributed by atoms with Gasteiger partial charge in [-0.2, -0.15) is 0 Å². The van der Waals surface area contributed by atoms with Crippen molar-refractivity contribution in [3.8, 4) is 0 Å². The van der Waals surface area contributed by atoms with Gasteiger partial charge < -0.3 is 11.1 Å². The molecule has 1 aromatic rings. The van der Waals surface area contributed by atoms with E-state index in [-0.39, 0.29) is 0 Å². The van der Waals surface area contributed by atoms with Crippen LogP contribution >= 0.6 is 0 Å². The van der Waals surface area contributed by atoms with Crippen molar-refractivity contribution in [1.82, 2.24) is 20.3 Å². The number of aromatic nitrogens is 3. The maximum atomic E-state index is 5.89. The van der Waals surface area contributed by atoms with E-state index in [2.05, 4.69) is 27.2 Å². The van der Waals surface area contributed by atoms with Gasteiger partial charge in [-0.15, -0.1) is 11.7 Å². The topological polar surface area (TPSA) is 81.1 Å². The summed E-state index contributed by atoms with van der Waals surface area (Å²) in [6, 6.07) is 0.481. The predicted molar refractivity (Wildman–Crippen MR) is 75.6 cm³/mol. The van der Waals surface area contributed by atoms with Crippen molar-refractivity contribution in [3.05, 3.63) is 24.5 Å². The highest BCUT2D eigenvalue weighted by atomic mass is 15.4. The number of guanidine groups is 1. The molecular weight excluding hydrogens is 240 g/mol. The van der Waals surface area contributed by atoms with Crippen LogP contribution in [0.4, 0.5) is 0 Å². The molecule has 1 saturated carbocycles. The van der Waals surface area contributed by atoms with Gasteiger partial charge in [0, 0.05) is 6.04 Å². The summed E-state index contributed by atoms with van der Waals surface area (Å²) in [6.07, 6.45) is 9.90. The summed E-state index contributed by atoms with van der Waals surface area (Å²) in [6.45, 7) is 4.78. The first kappa shape index (κ1) is 13.6. The number of rotatable bonds is 5. The quantitative estimate of drug-likeness (QED) is 0.474. The second kappa shape index (κ2) is 6.92. The highest BCUT2D eigenvalue weighted by Crippen LogP contribution is 2.16. The fourth-order valence-corrected chi connectivity index (χ4v) is 2.30. The molecular formula is C13H22N6. The average molecular weight is 262 g/mol. The highest BCUT2D eigenvalue weighted by Gasteiger charge is 2.13. The van der Waals surface area contributed by atoms with Gasteiger partial charge in [0.05, 0.1) is 19.3 Å². The lowest BCUT2D eigenvalue weighted by molar-refractivity contribution is 0.412. The molecule has 6 nitrogen and oxygen atoms in total. The number of aliphatic imine (C=N–C) groups is 1. The van der Waals surface area contributed by atoms with Gasteiger partial charge in [-0.05, 0) is 12.8 Å². The van der Waals surface area contributed by atoms with Crippen LogP contribution in [0.25, 0.3) is 0 Å². The van der Waals surface area contributed by atoms with E-state index in [1.165, 1.54) is 32.1 Å². The lowest BCUT2D eigenvalue weighted by atomic mass is 9.96. The van der Waals surface area contributed by atoms with Gasteiger partial charge in [0.25, 0.3) is 0 Å². The minimum atomic E-state index is 0.461. The molecule has 0 amide bonds. The molecule has 1 aliphatic carbocycles. The van der Waals surface area contributed by atoms with E-state index in [1.807, 2.05) is 6.20 Å². The lowest BCUT2D eigenvalue weighted by Gasteiger charge is -2.23. The van der Waals surface area contributed by atoms with Crippen LogP contribution < -0.4 is 11.1 Å². The minimum absolute atomic E-state index is 0.461. The molecule has 0 spiro atoms. The molecule has 0 bridgehead atoms. The van der Waals surface area contributed by atoms with Crippen LogP contribution in [0.2, 0.25) is 0 Å². The smallest absolute Gasteiger partial charge is 0.189 e. The Morgan fingerprint density at radius 3 is 3.05 bits per heavy atom. The molecule has 0 saturated heterocycles. The first-order valence-electron chi connectivity index (χ1n) is 6.84. The first-order valence-corrected chi connectivity index (χ1v) is 6.84. The summed E-state index contributed by atoms with van der Waals surface area (Å²) in [5, 5.41) is 11.3. The molecule has 1 aliphatic rings. The number of nitrogens with two attached hydrogens (primary N) is 1. The molecule has 3 N–H and O–H groups in total. The van der Waals surface area contributed by atoms with E-state index in [1.54, 1.807) is 10.8 Å². The van der Waals surface area contributed by atoms with Gasteiger partial charge >= 0.3 is 0 Å². The van der Waals surface area contributed by atoms with Crippen molar-refractivity contribution < 1.29 is 0 Å². The fourth-order valence-electron chi connectivity index (χ4n) is 2.30. The van der Waals surface area contributed by atoms with Gasteiger partial charge in [-0.25, -0.2) is 9.67 Å². The van der Waals surface area contributed by atoms with Crippen LogP contribution in [0.1, 0.15) is 37.8 Å². The van der Waals surface area contributed by atoms with Crippen LogP contribution in [0.15, 0.2) is 23.8 Å². The molecule has 0 atom stereocenters. The minimum Gasteiger partial charge on any atom is -0.370 e. The lowest BCUT2D eigenvalue weighted by Crippen LogP contribution is -2.41. The third kappa shape index (κ3) is 4.39. The molecule has 0 aliphatic heterocycles. The third-order valence-electron chi connectivity index (χ3n) is 3.27. The maximum absolute atomic E-state index is 5.89. The van der Waals surface area contributed by atoms with E-state index in [0.29, 0.717) is 25.1 Å². The maximum Gasteiger partial charge on any atom is 0.189 e. The molecule has 19 heavy (non-hydrogen) atoms. The second-order valence-corrected chi connectivity index (χ2v) is 4.90. The molecule has 1 aromatic heterocycles. The molecule has 0 unspecified atom stereocenters. The zero-order valence-corrected chi connectivity index (χ0v) is 11.3. The first-order chi connectivity index (χ1) is 9.28. The SMILES string of the molecule is C=CCn1cc(CN=C(N)NC2CCCCC2)nn1. The van der Waals surface area contributed by atoms with E-state index < -0.39 is 0 Å². The number of nitrogens with zero attached hydrogens (tertiary/aromatic N) is 4. The number of hydrogen-bond acceptors (Lipinski definition) is 3. The average Bonchev–Trinajstić information content (AvgIpc) is 2.86. The van der Waals surface area contributed by atoms with Gasteiger partial charge in [0.1, 0.15) is 5.69 Å². The molecule has 104 valence electrons. The largest absolute Gasteiger partial charge is 0.370 e. The van der Waals surface area contributed by atoms with Crippen molar-refractivity contribution >= 4 is 5.96 Å². The molecule has 6 heteroatoms. The zero-order valence-electron chi connectivity index (χ0n) is 11.3. The molecule has 0 radical (unpaired) electrons. The molecule has 2 rings (SSSR count). The Kier molecular flexibility index (Phi) is 4.94. The third-order valence-corrected chi connectivity index (χ3v) is 3.27. The summed E-state index contributed by atoms with van der Waals surface area (Å²) < 4.78 is 1.72. The van der Waals surface area contributed by atoms with Crippen LogP contribution in [-0.2, 0) is 13.1 Å². The standard InChI is InChI=1S/C13H22N6/c1-2-8-19-10-12(17-18-19)9-15-13(14)16-11-6-4-3-5-7-11/h2,10-11H,1,3-9H2,(H3,14,15,16).